The summed E-state index contributed by atoms with van der Waals surface area (Å²) in [6.07, 6.45) is 2.60. The highest BCUT2D eigenvalue weighted by molar-refractivity contribution is 5.94. The molecule has 3 aromatic rings. The lowest BCUT2D eigenvalue weighted by molar-refractivity contribution is 0.0744. The first kappa shape index (κ1) is 17.9. The maximum absolute atomic E-state index is 14.4. The van der Waals surface area contributed by atoms with Crippen LogP contribution < -0.4 is 4.90 Å². The van der Waals surface area contributed by atoms with Crippen molar-refractivity contribution in [3.63, 3.8) is 0 Å². The fourth-order valence-electron chi connectivity index (χ4n) is 4.45. The van der Waals surface area contributed by atoms with E-state index in [1.54, 1.807) is 22.9 Å². The van der Waals surface area contributed by atoms with Crippen LogP contribution in [0, 0.1) is 5.82 Å². The van der Waals surface area contributed by atoms with Crippen LogP contribution in [0.4, 0.5) is 10.1 Å². The van der Waals surface area contributed by atoms with Gasteiger partial charge >= 0.3 is 0 Å². The topological polar surface area (TPSA) is 41.4 Å². The Hall–Kier alpha value is -3.15. The summed E-state index contributed by atoms with van der Waals surface area (Å²) in [4.78, 5) is 17.6. The van der Waals surface area contributed by atoms with E-state index in [2.05, 4.69) is 29.2 Å². The molecule has 29 heavy (non-hydrogen) atoms. The van der Waals surface area contributed by atoms with Crippen LogP contribution in [0.25, 0.3) is 5.69 Å². The largest absolute Gasteiger partial charge is 0.373 e. The zero-order valence-electron chi connectivity index (χ0n) is 16.4. The fraction of sp³-hybridized carbons (Fsp3) is 0.304. The number of aromatic nitrogens is 2. The Labute approximate surface area is 169 Å². The molecule has 0 spiro atoms. The Bertz CT molecular complexity index is 1090. The number of amides is 1. The fourth-order valence-corrected chi connectivity index (χ4v) is 4.45. The highest BCUT2D eigenvalue weighted by atomic mass is 19.1. The molecule has 0 saturated carbocycles. The van der Waals surface area contributed by atoms with E-state index in [4.69, 9.17) is 0 Å². The first-order valence-electron chi connectivity index (χ1n) is 10.1. The Morgan fingerprint density at radius 1 is 1.00 bits per heavy atom. The third-order valence-electron chi connectivity index (χ3n) is 5.97. The van der Waals surface area contributed by atoms with Gasteiger partial charge in [-0.05, 0) is 43.0 Å². The standard InChI is InChI=1S/C23H23FN4O/c1-26-13-14-27(15-16-7-2-4-10-19(16)26)23(29)22-17-8-6-12-20(17)28(25-22)21-11-5-3-9-18(21)24/h2-5,7,9-11H,6,8,12-15H2,1H3. The third kappa shape index (κ3) is 2.99. The second kappa shape index (κ2) is 7.03. The van der Waals surface area contributed by atoms with E-state index in [0.29, 0.717) is 24.5 Å². The van der Waals surface area contributed by atoms with Crippen LogP contribution in [-0.4, -0.2) is 40.7 Å². The molecule has 6 heteroatoms. The Balaban J connectivity index is 1.53. The molecule has 148 valence electrons. The summed E-state index contributed by atoms with van der Waals surface area (Å²) >= 11 is 0. The van der Waals surface area contributed by atoms with Gasteiger partial charge in [0.2, 0.25) is 0 Å². The van der Waals surface area contributed by atoms with E-state index in [1.165, 1.54) is 6.07 Å². The van der Waals surface area contributed by atoms with Crippen molar-refractivity contribution in [2.24, 2.45) is 0 Å². The molecule has 2 aliphatic rings. The maximum Gasteiger partial charge on any atom is 0.275 e. The summed E-state index contributed by atoms with van der Waals surface area (Å²) < 4.78 is 16.1. The van der Waals surface area contributed by atoms with Gasteiger partial charge in [0.25, 0.3) is 5.91 Å². The predicted octanol–water partition coefficient (Wildman–Crippen LogP) is 3.59. The summed E-state index contributed by atoms with van der Waals surface area (Å²) in [5.41, 5.74) is 5.11. The van der Waals surface area contributed by atoms with Crippen molar-refractivity contribution in [2.45, 2.75) is 25.8 Å². The lowest BCUT2D eigenvalue weighted by Crippen LogP contribution is -2.35. The van der Waals surface area contributed by atoms with Crippen LogP contribution in [0.3, 0.4) is 0 Å². The van der Waals surface area contributed by atoms with Crippen molar-refractivity contribution in [1.29, 1.82) is 0 Å². The van der Waals surface area contributed by atoms with Crippen molar-refractivity contribution >= 4 is 11.6 Å². The second-order valence-corrected chi connectivity index (χ2v) is 7.77. The van der Waals surface area contributed by atoms with Crippen LogP contribution in [0.2, 0.25) is 0 Å². The molecule has 1 aromatic heterocycles. The summed E-state index contributed by atoms with van der Waals surface area (Å²) in [6, 6.07) is 14.8. The predicted molar refractivity (Wildman–Crippen MR) is 110 cm³/mol. The molecule has 0 unspecified atom stereocenters. The van der Waals surface area contributed by atoms with Gasteiger partial charge in [-0.15, -0.1) is 0 Å². The number of nitrogens with zero attached hydrogens (tertiary/aromatic N) is 4. The molecule has 5 rings (SSSR count). The van der Waals surface area contributed by atoms with Crippen molar-refractivity contribution in [2.75, 3.05) is 25.0 Å². The van der Waals surface area contributed by atoms with E-state index >= 15 is 0 Å². The summed E-state index contributed by atoms with van der Waals surface area (Å²) in [7, 11) is 2.05. The van der Waals surface area contributed by atoms with Gasteiger partial charge in [0.15, 0.2) is 5.69 Å². The molecule has 0 saturated heterocycles. The molecule has 0 N–H and O–H groups in total. The van der Waals surface area contributed by atoms with Gasteiger partial charge in [-0.25, -0.2) is 9.07 Å². The normalized spacial score (nSPS) is 15.8. The Morgan fingerprint density at radius 2 is 1.76 bits per heavy atom. The SMILES string of the molecule is CN1CCN(C(=O)c2nn(-c3ccccc3F)c3c2CCC3)Cc2ccccc21. The first-order chi connectivity index (χ1) is 14.1. The molecule has 0 radical (unpaired) electrons. The number of hydrogen-bond donors (Lipinski definition) is 0. The minimum atomic E-state index is -0.325. The lowest BCUT2D eigenvalue weighted by atomic mass is 10.1. The number of para-hydroxylation sites is 2. The van der Waals surface area contributed by atoms with Crippen LogP contribution in [0.5, 0.6) is 0 Å². The molecule has 1 aliphatic carbocycles. The molecule has 0 bridgehead atoms. The second-order valence-electron chi connectivity index (χ2n) is 7.77. The molecule has 0 atom stereocenters. The molecular formula is C23H23FN4O. The molecule has 2 aromatic carbocycles. The lowest BCUT2D eigenvalue weighted by Gasteiger charge is -2.20. The number of benzene rings is 2. The third-order valence-corrected chi connectivity index (χ3v) is 5.97. The number of fused-ring (bicyclic) bond motifs is 2. The monoisotopic (exact) mass is 390 g/mol. The smallest absolute Gasteiger partial charge is 0.275 e. The number of rotatable bonds is 2. The van der Waals surface area contributed by atoms with Crippen LogP contribution in [0.15, 0.2) is 48.5 Å². The molecule has 2 heterocycles. The highest BCUT2D eigenvalue weighted by Gasteiger charge is 2.31. The maximum atomic E-state index is 14.4. The average Bonchev–Trinajstić information content (AvgIpc) is 3.29. The minimum absolute atomic E-state index is 0.0663. The van der Waals surface area contributed by atoms with Gasteiger partial charge in [-0.2, -0.15) is 5.10 Å². The number of anilines is 1. The van der Waals surface area contributed by atoms with E-state index in [1.807, 2.05) is 17.0 Å². The number of likely N-dealkylation sites (N-methyl/N-ethyl adjacent to an activating group) is 1. The van der Waals surface area contributed by atoms with E-state index < -0.39 is 0 Å². The minimum Gasteiger partial charge on any atom is -0.373 e. The molecule has 1 amide bonds. The number of hydrogen-bond acceptors (Lipinski definition) is 3. The van der Waals surface area contributed by atoms with Crippen molar-refractivity contribution < 1.29 is 9.18 Å². The number of carbonyl (C=O) groups excluding carboxylic acids is 1. The van der Waals surface area contributed by atoms with Gasteiger partial charge in [0, 0.05) is 43.6 Å². The Kier molecular flexibility index (Phi) is 4.34. The molecule has 0 fully saturated rings. The zero-order valence-corrected chi connectivity index (χ0v) is 16.4. The van der Waals surface area contributed by atoms with Crippen LogP contribution in [0.1, 0.15) is 33.7 Å². The van der Waals surface area contributed by atoms with E-state index in [9.17, 15) is 9.18 Å². The van der Waals surface area contributed by atoms with Gasteiger partial charge < -0.3 is 9.80 Å². The van der Waals surface area contributed by atoms with Crippen LogP contribution in [-0.2, 0) is 19.4 Å². The van der Waals surface area contributed by atoms with Crippen molar-refractivity contribution in [3.8, 4) is 5.69 Å². The van der Waals surface area contributed by atoms with Gasteiger partial charge in [-0.3, -0.25) is 4.79 Å². The number of halogens is 1. The first-order valence-corrected chi connectivity index (χ1v) is 10.1. The Morgan fingerprint density at radius 3 is 2.59 bits per heavy atom. The highest BCUT2D eigenvalue weighted by Crippen LogP contribution is 2.31. The van der Waals surface area contributed by atoms with Crippen LogP contribution >= 0.6 is 0 Å². The van der Waals surface area contributed by atoms with Gasteiger partial charge in [0.05, 0.1) is 0 Å². The quantitative estimate of drug-likeness (QED) is 0.672. The summed E-state index contributed by atoms with van der Waals surface area (Å²) in [5.74, 6) is -0.391. The van der Waals surface area contributed by atoms with Crippen molar-refractivity contribution in [3.05, 3.63) is 76.9 Å². The van der Waals surface area contributed by atoms with E-state index in [-0.39, 0.29) is 11.7 Å². The summed E-state index contributed by atoms with van der Waals surface area (Å²) in [6.45, 7) is 1.95. The molecular weight excluding hydrogens is 367 g/mol. The molecule has 1 aliphatic heterocycles. The zero-order chi connectivity index (χ0) is 20.0. The number of carbonyl (C=O) groups is 1. The molecule has 5 nitrogen and oxygen atoms in total. The average molecular weight is 390 g/mol. The van der Waals surface area contributed by atoms with E-state index in [0.717, 1.165) is 48.3 Å². The van der Waals surface area contributed by atoms with Gasteiger partial charge in [-0.1, -0.05) is 30.3 Å². The summed E-state index contributed by atoms with van der Waals surface area (Å²) in [5, 5.41) is 4.62. The van der Waals surface area contributed by atoms with Crippen molar-refractivity contribution in [1.82, 2.24) is 14.7 Å². The van der Waals surface area contributed by atoms with Gasteiger partial charge in [0.1, 0.15) is 11.5 Å².